The predicted octanol–water partition coefficient (Wildman–Crippen LogP) is 0.810. The summed E-state index contributed by atoms with van der Waals surface area (Å²) in [6.07, 6.45) is 1.35. The zero-order valence-electron chi connectivity index (χ0n) is 6.83. The van der Waals surface area contributed by atoms with Crippen LogP contribution in [-0.2, 0) is 6.42 Å². The first kappa shape index (κ1) is 8.20. The molecule has 11 heavy (non-hydrogen) atoms. The maximum atomic E-state index is 9.06. The molecule has 0 fully saturated rings. The molecule has 0 bridgehead atoms. The van der Waals surface area contributed by atoms with Crippen molar-refractivity contribution in [3.05, 3.63) is 11.6 Å². The first-order valence-corrected chi connectivity index (χ1v) is 3.83. The van der Waals surface area contributed by atoms with Crippen molar-refractivity contribution in [1.29, 1.82) is 0 Å². The van der Waals surface area contributed by atoms with Gasteiger partial charge >= 0.3 is 0 Å². The van der Waals surface area contributed by atoms with Crippen molar-refractivity contribution in [3.63, 3.8) is 0 Å². The second-order valence-corrected chi connectivity index (χ2v) is 2.57. The molecule has 0 unspecified atom stereocenters. The average Bonchev–Trinajstić information content (AvgIpc) is 2.37. The van der Waals surface area contributed by atoms with E-state index in [9.17, 15) is 0 Å². The van der Waals surface area contributed by atoms with Gasteiger partial charge in [-0.15, -0.1) is 0 Å². The lowest BCUT2D eigenvalue weighted by atomic mass is 10.3. The molecule has 4 nitrogen and oxygen atoms in total. The van der Waals surface area contributed by atoms with Gasteiger partial charge in [0.2, 0.25) is 0 Å². The number of aliphatic hydroxyl groups is 1. The van der Waals surface area contributed by atoms with Gasteiger partial charge in [-0.2, -0.15) is 5.10 Å². The third-order valence-electron chi connectivity index (χ3n) is 1.41. The summed E-state index contributed by atoms with van der Waals surface area (Å²) in [5, 5.41) is 15.7. The highest BCUT2D eigenvalue weighted by Crippen LogP contribution is 2.05. The zero-order chi connectivity index (χ0) is 8.27. The van der Waals surface area contributed by atoms with E-state index >= 15 is 0 Å². The second-order valence-electron chi connectivity index (χ2n) is 2.57. The van der Waals surface area contributed by atoms with Gasteiger partial charge in [-0.25, -0.2) is 4.98 Å². The fourth-order valence-electron chi connectivity index (χ4n) is 0.846. The minimum atomic E-state index is -0.572. The van der Waals surface area contributed by atoms with Crippen LogP contribution in [0.2, 0.25) is 0 Å². The predicted molar refractivity (Wildman–Crippen MR) is 41.0 cm³/mol. The van der Waals surface area contributed by atoms with Crippen LogP contribution in [0.15, 0.2) is 0 Å². The number of aromatic nitrogens is 3. The van der Waals surface area contributed by atoms with Crippen LogP contribution in [0.5, 0.6) is 0 Å². The summed E-state index contributed by atoms with van der Waals surface area (Å²) < 4.78 is 0. The van der Waals surface area contributed by atoms with Crippen molar-refractivity contribution in [1.82, 2.24) is 15.2 Å². The lowest BCUT2D eigenvalue weighted by Gasteiger charge is -1.93. The Balaban J connectivity index is 2.66. The second kappa shape index (κ2) is 3.48. The average molecular weight is 155 g/mol. The molecular formula is C7H13N3O. The van der Waals surface area contributed by atoms with E-state index in [-0.39, 0.29) is 0 Å². The molecule has 1 rings (SSSR count). The van der Waals surface area contributed by atoms with E-state index < -0.39 is 6.10 Å². The fourth-order valence-corrected chi connectivity index (χ4v) is 0.846. The molecular weight excluding hydrogens is 142 g/mol. The van der Waals surface area contributed by atoms with Crippen LogP contribution in [-0.4, -0.2) is 20.3 Å². The molecule has 0 amide bonds. The number of nitrogens with one attached hydrogen (secondary N) is 1. The van der Waals surface area contributed by atoms with Gasteiger partial charge in [0.15, 0.2) is 5.82 Å². The number of rotatable bonds is 3. The van der Waals surface area contributed by atoms with E-state index in [0.29, 0.717) is 5.82 Å². The van der Waals surface area contributed by atoms with Gasteiger partial charge in [-0.05, 0) is 13.3 Å². The number of hydrogen-bond donors (Lipinski definition) is 2. The van der Waals surface area contributed by atoms with Crippen LogP contribution in [0.1, 0.15) is 38.0 Å². The van der Waals surface area contributed by atoms with Gasteiger partial charge in [0.05, 0.1) is 0 Å². The highest BCUT2D eigenvalue weighted by molar-refractivity contribution is 4.92. The summed E-state index contributed by atoms with van der Waals surface area (Å²) >= 11 is 0. The summed E-state index contributed by atoms with van der Waals surface area (Å²) in [7, 11) is 0. The molecule has 0 aliphatic rings. The summed E-state index contributed by atoms with van der Waals surface area (Å²) in [5.41, 5.74) is 0. The van der Waals surface area contributed by atoms with Crippen LogP contribution in [0.4, 0.5) is 0 Å². The first-order valence-electron chi connectivity index (χ1n) is 3.83. The monoisotopic (exact) mass is 155 g/mol. The van der Waals surface area contributed by atoms with Crippen LogP contribution >= 0.6 is 0 Å². The van der Waals surface area contributed by atoms with E-state index in [1.165, 1.54) is 0 Å². The SMILES string of the molecule is CCCc1nc([C@H](C)O)n[nH]1. The Morgan fingerprint density at radius 3 is 2.82 bits per heavy atom. The number of aryl methyl sites for hydroxylation is 1. The molecule has 1 aromatic rings. The molecule has 1 heterocycles. The van der Waals surface area contributed by atoms with Gasteiger partial charge in [-0.1, -0.05) is 6.92 Å². The molecule has 0 radical (unpaired) electrons. The van der Waals surface area contributed by atoms with E-state index in [1.807, 2.05) is 0 Å². The van der Waals surface area contributed by atoms with E-state index in [2.05, 4.69) is 22.1 Å². The largest absolute Gasteiger partial charge is 0.385 e. The van der Waals surface area contributed by atoms with Crippen LogP contribution < -0.4 is 0 Å². The standard InChI is InChI=1S/C7H13N3O/c1-3-4-6-8-7(5(2)11)10-9-6/h5,11H,3-4H2,1-2H3,(H,8,9,10)/t5-/m0/s1. The maximum Gasteiger partial charge on any atom is 0.178 e. The fraction of sp³-hybridized carbons (Fsp3) is 0.714. The maximum absolute atomic E-state index is 9.06. The number of aliphatic hydroxyl groups excluding tert-OH is 1. The number of nitrogens with zero attached hydrogens (tertiary/aromatic N) is 2. The molecule has 0 aliphatic heterocycles. The molecule has 62 valence electrons. The van der Waals surface area contributed by atoms with E-state index in [1.54, 1.807) is 6.92 Å². The van der Waals surface area contributed by atoms with Gasteiger partial charge in [0.25, 0.3) is 0 Å². The Bertz CT molecular complexity index is 219. The molecule has 0 aromatic carbocycles. The highest BCUT2D eigenvalue weighted by Gasteiger charge is 2.06. The topological polar surface area (TPSA) is 61.8 Å². The molecule has 0 aliphatic carbocycles. The van der Waals surface area contributed by atoms with Crippen molar-refractivity contribution < 1.29 is 5.11 Å². The van der Waals surface area contributed by atoms with Crippen molar-refractivity contribution in [2.45, 2.75) is 32.8 Å². The van der Waals surface area contributed by atoms with E-state index in [0.717, 1.165) is 18.7 Å². The van der Waals surface area contributed by atoms with Gasteiger partial charge in [-0.3, -0.25) is 5.10 Å². The minimum absolute atomic E-state index is 0.480. The molecule has 1 aromatic heterocycles. The number of aromatic amines is 1. The summed E-state index contributed by atoms with van der Waals surface area (Å²) in [6.45, 7) is 3.73. The Morgan fingerprint density at radius 2 is 2.36 bits per heavy atom. The molecule has 1 atom stereocenters. The molecule has 0 spiro atoms. The molecule has 2 N–H and O–H groups in total. The minimum Gasteiger partial charge on any atom is -0.385 e. The lowest BCUT2D eigenvalue weighted by Crippen LogP contribution is -1.93. The van der Waals surface area contributed by atoms with Crippen LogP contribution in [0, 0.1) is 0 Å². The number of hydrogen-bond acceptors (Lipinski definition) is 3. The summed E-state index contributed by atoms with van der Waals surface area (Å²) in [4.78, 5) is 4.08. The zero-order valence-corrected chi connectivity index (χ0v) is 6.83. The van der Waals surface area contributed by atoms with Crippen LogP contribution in [0.3, 0.4) is 0 Å². The normalized spacial score (nSPS) is 13.4. The third-order valence-corrected chi connectivity index (χ3v) is 1.41. The van der Waals surface area contributed by atoms with Gasteiger partial charge < -0.3 is 5.11 Å². The summed E-state index contributed by atoms with van der Waals surface area (Å²) in [5.74, 6) is 1.33. The Kier molecular flexibility index (Phi) is 2.59. The number of H-pyrrole nitrogens is 1. The molecule has 4 heteroatoms. The molecule has 0 saturated heterocycles. The van der Waals surface area contributed by atoms with Gasteiger partial charge in [0, 0.05) is 6.42 Å². The lowest BCUT2D eigenvalue weighted by molar-refractivity contribution is 0.189. The first-order chi connectivity index (χ1) is 5.24. The third kappa shape index (κ3) is 2.01. The van der Waals surface area contributed by atoms with Crippen LogP contribution in [0.25, 0.3) is 0 Å². The van der Waals surface area contributed by atoms with Crippen molar-refractivity contribution in [2.75, 3.05) is 0 Å². The Labute approximate surface area is 65.7 Å². The Hall–Kier alpha value is -0.900. The van der Waals surface area contributed by atoms with Crippen molar-refractivity contribution >= 4 is 0 Å². The smallest absolute Gasteiger partial charge is 0.178 e. The summed E-state index contributed by atoms with van der Waals surface area (Å²) in [6, 6.07) is 0. The Morgan fingerprint density at radius 1 is 1.64 bits per heavy atom. The van der Waals surface area contributed by atoms with E-state index in [4.69, 9.17) is 5.11 Å². The van der Waals surface area contributed by atoms with Crippen molar-refractivity contribution in [2.24, 2.45) is 0 Å². The molecule has 0 saturated carbocycles. The van der Waals surface area contributed by atoms with Gasteiger partial charge in [0.1, 0.15) is 11.9 Å². The highest BCUT2D eigenvalue weighted by atomic mass is 16.3. The van der Waals surface area contributed by atoms with Crippen molar-refractivity contribution in [3.8, 4) is 0 Å². The quantitative estimate of drug-likeness (QED) is 0.679.